The van der Waals surface area contributed by atoms with Gasteiger partial charge in [-0.3, -0.25) is 4.98 Å². The van der Waals surface area contributed by atoms with E-state index in [1.807, 2.05) is 0 Å². The van der Waals surface area contributed by atoms with Crippen LogP contribution in [-0.2, 0) is 10.0 Å². The number of hydrogen-bond acceptors (Lipinski definition) is 3. The molecule has 0 saturated carbocycles. The van der Waals surface area contributed by atoms with Crippen LogP contribution in [0.2, 0.25) is 0 Å². The molecule has 0 saturated heterocycles. The fourth-order valence-corrected chi connectivity index (χ4v) is 3.45. The molecule has 118 valence electrons. The molecule has 0 radical (unpaired) electrons. The second-order valence-corrected chi connectivity index (χ2v) is 6.76. The zero-order valence-electron chi connectivity index (χ0n) is 12.2. The van der Waals surface area contributed by atoms with Crippen LogP contribution >= 0.6 is 0 Å². The minimum atomic E-state index is -3.54. The predicted molar refractivity (Wildman–Crippen MR) is 79.7 cm³/mol. The Hall–Kier alpha value is -1.86. The molecule has 4 nitrogen and oxygen atoms in total. The van der Waals surface area contributed by atoms with Crippen molar-refractivity contribution >= 4 is 10.0 Å². The number of halogens is 2. The summed E-state index contributed by atoms with van der Waals surface area (Å²) in [6.45, 7) is 1.88. The highest BCUT2D eigenvalue weighted by atomic mass is 32.2. The summed E-state index contributed by atoms with van der Waals surface area (Å²) in [5.74, 6) is -1.99. The van der Waals surface area contributed by atoms with Gasteiger partial charge in [-0.2, -0.15) is 4.31 Å². The van der Waals surface area contributed by atoms with Crippen molar-refractivity contribution < 1.29 is 17.2 Å². The van der Waals surface area contributed by atoms with Gasteiger partial charge in [-0.05, 0) is 29.3 Å². The number of pyridine rings is 1. The Morgan fingerprint density at radius 1 is 1.18 bits per heavy atom. The molecule has 0 bridgehead atoms. The van der Waals surface area contributed by atoms with Crippen molar-refractivity contribution in [2.45, 2.75) is 13.0 Å². The van der Waals surface area contributed by atoms with Crippen molar-refractivity contribution in [3.8, 4) is 0 Å². The van der Waals surface area contributed by atoms with Crippen LogP contribution in [0.1, 0.15) is 24.1 Å². The van der Waals surface area contributed by atoms with E-state index in [1.165, 1.54) is 16.6 Å². The average molecular weight is 326 g/mol. The van der Waals surface area contributed by atoms with Gasteiger partial charge >= 0.3 is 0 Å². The first-order chi connectivity index (χ1) is 10.3. The third kappa shape index (κ3) is 3.48. The molecule has 0 amide bonds. The van der Waals surface area contributed by atoms with Gasteiger partial charge in [0.05, 0.1) is 12.3 Å². The molecule has 1 atom stereocenters. The fraction of sp³-hybridized carbons (Fsp3) is 0.267. The van der Waals surface area contributed by atoms with Crippen LogP contribution < -0.4 is 0 Å². The molecule has 1 heterocycles. The molecule has 2 rings (SSSR count). The monoisotopic (exact) mass is 326 g/mol. The molecule has 0 aliphatic heterocycles. The van der Waals surface area contributed by atoms with Gasteiger partial charge in [-0.25, -0.2) is 17.2 Å². The summed E-state index contributed by atoms with van der Waals surface area (Å²) in [6.07, 6.45) is 4.15. The summed E-state index contributed by atoms with van der Waals surface area (Å²) in [5.41, 5.74) is 0.931. The summed E-state index contributed by atoms with van der Waals surface area (Å²) in [7, 11) is -3.54. The Balaban J connectivity index is 2.62. The first-order valence-electron chi connectivity index (χ1n) is 6.66. The standard InChI is InChI=1S/C15H16F2N2O2S/c1-3-19(22(2,20)21)15(12-5-4-8-18-10-12)11-6-7-13(16)14(17)9-11/h4-10,15H,3H2,1-2H3/t15-/m0/s1. The van der Waals surface area contributed by atoms with Crippen molar-refractivity contribution in [1.29, 1.82) is 0 Å². The van der Waals surface area contributed by atoms with E-state index in [1.54, 1.807) is 25.3 Å². The van der Waals surface area contributed by atoms with E-state index in [2.05, 4.69) is 4.98 Å². The second-order valence-electron chi connectivity index (χ2n) is 4.83. The SMILES string of the molecule is CCN([C@H](c1cccnc1)c1ccc(F)c(F)c1)S(C)(=O)=O. The summed E-state index contributed by atoms with van der Waals surface area (Å²) in [4.78, 5) is 3.98. The zero-order valence-corrected chi connectivity index (χ0v) is 13.0. The summed E-state index contributed by atoms with van der Waals surface area (Å²) in [5, 5.41) is 0. The first kappa shape index (κ1) is 16.5. The fourth-order valence-electron chi connectivity index (χ4n) is 2.35. The molecule has 0 N–H and O–H groups in total. The molecule has 0 unspecified atom stereocenters. The van der Waals surface area contributed by atoms with E-state index in [4.69, 9.17) is 0 Å². The van der Waals surface area contributed by atoms with E-state index < -0.39 is 27.7 Å². The molecule has 7 heteroatoms. The van der Waals surface area contributed by atoms with Gasteiger partial charge in [-0.1, -0.05) is 19.1 Å². The largest absolute Gasteiger partial charge is 0.264 e. The lowest BCUT2D eigenvalue weighted by Gasteiger charge is -2.29. The number of rotatable bonds is 5. The van der Waals surface area contributed by atoms with Crippen LogP contribution in [0.25, 0.3) is 0 Å². The number of aromatic nitrogens is 1. The quantitative estimate of drug-likeness (QED) is 0.849. The van der Waals surface area contributed by atoms with E-state index in [-0.39, 0.29) is 6.54 Å². The third-order valence-corrected chi connectivity index (χ3v) is 4.61. The van der Waals surface area contributed by atoms with Gasteiger partial charge in [0, 0.05) is 18.9 Å². The molecule has 0 aliphatic rings. The van der Waals surface area contributed by atoms with Crippen LogP contribution in [0.4, 0.5) is 8.78 Å². The lowest BCUT2D eigenvalue weighted by atomic mass is 10.00. The van der Waals surface area contributed by atoms with Gasteiger partial charge in [0.15, 0.2) is 11.6 Å². The number of sulfonamides is 1. The van der Waals surface area contributed by atoms with Gasteiger partial charge < -0.3 is 0 Å². The lowest BCUT2D eigenvalue weighted by molar-refractivity contribution is 0.376. The minimum absolute atomic E-state index is 0.192. The highest BCUT2D eigenvalue weighted by Crippen LogP contribution is 2.30. The predicted octanol–water partition coefficient (Wildman–Crippen LogP) is 2.73. The minimum Gasteiger partial charge on any atom is -0.264 e. The maximum atomic E-state index is 13.6. The van der Waals surface area contributed by atoms with E-state index in [9.17, 15) is 17.2 Å². The van der Waals surface area contributed by atoms with Crippen molar-refractivity contribution in [3.63, 3.8) is 0 Å². The maximum absolute atomic E-state index is 13.6. The average Bonchev–Trinajstić information content (AvgIpc) is 2.47. The lowest BCUT2D eigenvalue weighted by Crippen LogP contribution is -2.34. The van der Waals surface area contributed by atoms with Crippen LogP contribution in [0.3, 0.4) is 0 Å². The van der Waals surface area contributed by atoms with E-state index in [0.29, 0.717) is 11.1 Å². The Morgan fingerprint density at radius 2 is 1.91 bits per heavy atom. The van der Waals surface area contributed by atoms with Gasteiger partial charge in [0.1, 0.15) is 0 Å². The molecular weight excluding hydrogens is 310 g/mol. The number of hydrogen-bond donors (Lipinski definition) is 0. The van der Waals surface area contributed by atoms with Crippen molar-refractivity contribution in [2.75, 3.05) is 12.8 Å². The molecule has 1 aromatic heterocycles. The molecule has 1 aromatic carbocycles. The zero-order chi connectivity index (χ0) is 16.3. The summed E-state index contributed by atoms with van der Waals surface area (Å²) >= 11 is 0. The highest BCUT2D eigenvalue weighted by molar-refractivity contribution is 7.88. The van der Waals surface area contributed by atoms with Gasteiger partial charge in [-0.15, -0.1) is 0 Å². The molecule has 22 heavy (non-hydrogen) atoms. The number of nitrogens with zero attached hydrogens (tertiary/aromatic N) is 2. The van der Waals surface area contributed by atoms with Crippen molar-refractivity contribution in [2.24, 2.45) is 0 Å². The van der Waals surface area contributed by atoms with Crippen LogP contribution in [0.15, 0.2) is 42.7 Å². The van der Waals surface area contributed by atoms with Crippen molar-refractivity contribution in [1.82, 2.24) is 9.29 Å². The molecule has 2 aromatic rings. The first-order valence-corrected chi connectivity index (χ1v) is 8.51. The summed E-state index contributed by atoms with van der Waals surface area (Å²) in [6, 6.07) is 5.99. The molecule has 0 aliphatic carbocycles. The number of benzene rings is 1. The van der Waals surface area contributed by atoms with E-state index in [0.717, 1.165) is 18.4 Å². The normalized spacial score (nSPS) is 13.3. The maximum Gasteiger partial charge on any atom is 0.212 e. The van der Waals surface area contributed by atoms with Gasteiger partial charge in [0.25, 0.3) is 0 Å². The van der Waals surface area contributed by atoms with E-state index >= 15 is 0 Å². The Labute approximate surface area is 128 Å². The van der Waals surface area contributed by atoms with Crippen LogP contribution in [-0.4, -0.2) is 30.5 Å². The second kappa shape index (κ2) is 6.50. The molecular formula is C15H16F2N2O2S. The molecule has 0 spiro atoms. The topological polar surface area (TPSA) is 50.3 Å². The molecule has 0 fully saturated rings. The van der Waals surface area contributed by atoms with Gasteiger partial charge in [0.2, 0.25) is 10.0 Å². The Kier molecular flexibility index (Phi) is 4.87. The van der Waals surface area contributed by atoms with Crippen LogP contribution in [0, 0.1) is 11.6 Å². The highest BCUT2D eigenvalue weighted by Gasteiger charge is 2.29. The Morgan fingerprint density at radius 3 is 2.41 bits per heavy atom. The Bertz CT molecular complexity index is 751. The van der Waals surface area contributed by atoms with Crippen LogP contribution in [0.5, 0.6) is 0 Å². The van der Waals surface area contributed by atoms with Crippen molar-refractivity contribution in [3.05, 3.63) is 65.5 Å². The summed E-state index contributed by atoms with van der Waals surface area (Å²) < 4.78 is 52.0. The smallest absolute Gasteiger partial charge is 0.212 e. The third-order valence-electron chi connectivity index (χ3n) is 3.29.